The molecule has 0 radical (unpaired) electrons. The summed E-state index contributed by atoms with van der Waals surface area (Å²) in [5.41, 5.74) is 8.35. The lowest BCUT2D eigenvalue weighted by atomic mass is 9.92. The number of carbonyl (C=O) groups excluding carboxylic acids is 1. The van der Waals surface area contributed by atoms with E-state index in [0.717, 1.165) is 37.4 Å². The monoisotopic (exact) mass is 439 g/mol. The molecule has 3 rings (SSSR count). The van der Waals surface area contributed by atoms with Crippen molar-refractivity contribution >= 4 is 30.7 Å². The minimum atomic E-state index is -1.05. The molecule has 0 spiro atoms. The van der Waals surface area contributed by atoms with E-state index in [-0.39, 0.29) is 36.8 Å². The third kappa shape index (κ3) is 6.98. The Kier molecular flexibility index (Phi) is 10.1. The van der Waals surface area contributed by atoms with Crippen molar-refractivity contribution in [3.8, 4) is 0 Å². The van der Waals surface area contributed by atoms with Gasteiger partial charge in [0.2, 0.25) is 5.91 Å². The van der Waals surface area contributed by atoms with Crippen LogP contribution in [0.1, 0.15) is 30.5 Å². The summed E-state index contributed by atoms with van der Waals surface area (Å²) in [6.07, 6.45) is 0.279. The van der Waals surface area contributed by atoms with Crippen LogP contribution in [-0.2, 0) is 28.2 Å². The van der Waals surface area contributed by atoms with Gasteiger partial charge in [0.1, 0.15) is 5.54 Å². The molecule has 0 saturated carbocycles. The van der Waals surface area contributed by atoms with Crippen molar-refractivity contribution < 1.29 is 9.53 Å². The predicted octanol–water partition coefficient (Wildman–Crippen LogP) is 3.24. The fourth-order valence-corrected chi connectivity index (χ4v) is 3.41. The third-order valence-corrected chi connectivity index (χ3v) is 5.02. The summed E-state index contributed by atoms with van der Waals surface area (Å²) in [5.74, 6) is -0.180. The largest absolute Gasteiger partial charge is 0.376 e. The van der Waals surface area contributed by atoms with Crippen LogP contribution in [0.3, 0.4) is 0 Å². The molecular formula is C22H31Cl2N3O2. The van der Waals surface area contributed by atoms with Crippen molar-refractivity contribution in [3.05, 3.63) is 71.3 Å². The summed E-state index contributed by atoms with van der Waals surface area (Å²) in [4.78, 5) is 15.0. The van der Waals surface area contributed by atoms with Gasteiger partial charge < -0.3 is 15.8 Å². The molecule has 1 amide bonds. The van der Waals surface area contributed by atoms with Crippen molar-refractivity contribution in [2.24, 2.45) is 5.73 Å². The van der Waals surface area contributed by atoms with Gasteiger partial charge in [0, 0.05) is 26.2 Å². The van der Waals surface area contributed by atoms with E-state index in [1.54, 1.807) is 6.92 Å². The smallest absolute Gasteiger partial charge is 0.244 e. The van der Waals surface area contributed by atoms with Crippen molar-refractivity contribution in [1.29, 1.82) is 0 Å². The number of nitrogens with two attached hydrogens (primary N) is 1. The number of halogens is 2. The molecule has 2 atom stereocenters. The van der Waals surface area contributed by atoms with Crippen LogP contribution in [0, 0.1) is 0 Å². The minimum Gasteiger partial charge on any atom is -0.376 e. The number of rotatable bonds is 6. The Morgan fingerprint density at radius 3 is 2.55 bits per heavy atom. The zero-order chi connectivity index (χ0) is 19.3. The summed E-state index contributed by atoms with van der Waals surface area (Å²) in [7, 11) is 0. The molecule has 5 nitrogen and oxygen atoms in total. The fourth-order valence-electron chi connectivity index (χ4n) is 3.41. The Balaban J connectivity index is 0.00000210. The normalized spacial score (nSPS) is 18.7. The van der Waals surface area contributed by atoms with Crippen LogP contribution in [0.25, 0.3) is 0 Å². The van der Waals surface area contributed by atoms with Gasteiger partial charge in [0.15, 0.2) is 0 Å². The van der Waals surface area contributed by atoms with E-state index in [1.165, 1.54) is 5.56 Å². The zero-order valence-corrected chi connectivity index (χ0v) is 18.6. The molecule has 29 heavy (non-hydrogen) atoms. The minimum absolute atomic E-state index is 0. The molecule has 7 heteroatoms. The first-order chi connectivity index (χ1) is 12.9. The highest BCUT2D eigenvalue weighted by Gasteiger charge is 2.29. The van der Waals surface area contributed by atoms with Crippen LogP contribution < -0.4 is 11.1 Å². The van der Waals surface area contributed by atoms with Crippen molar-refractivity contribution in [3.63, 3.8) is 0 Å². The molecular weight excluding hydrogens is 409 g/mol. The van der Waals surface area contributed by atoms with Crippen molar-refractivity contribution in [1.82, 2.24) is 10.2 Å². The third-order valence-electron chi connectivity index (χ3n) is 5.02. The highest BCUT2D eigenvalue weighted by molar-refractivity contribution is 5.87. The average Bonchev–Trinajstić information content (AvgIpc) is 2.67. The van der Waals surface area contributed by atoms with Crippen LogP contribution in [0.5, 0.6) is 0 Å². The Labute approximate surface area is 185 Å². The van der Waals surface area contributed by atoms with Crippen LogP contribution >= 0.6 is 24.8 Å². The van der Waals surface area contributed by atoms with Gasteiger partial charge >= 0.3 is 0 Å². The summed E-state index contributed by atoms with van der Waals surface area (Å²) in [5, 5.41) is 2.98. The molecule has 3 N–H and O–H groups in total. The Morgan fingerprint density at radius 1 is 1.17 bits per heavy atom. The average molecular weight is 440 g/mol. The van der Waals surface area contributed by atoms with Crippen molar-refractivity contribution in [2.45, 2.75) is 38.6 Å². The second-order valence-corrected chi connectivity index (χ2v) is 7.49. The van der Waals surface area contributed by atoms with E-state index in [1.807, 2.05) is 42.5 Å². The molecule has 1 saturated heterocycles. The molecule has 2 aromatic carbocycles. The maximum absolute atomic E-state index is 12.6. The fraction of sp³-hybridized carbons (Fsp3) is 0.409. The molecule has 2 unspecified atom stereocenters. The lowest BCUT2D eigenvalue weighted by Crippen LogP contribution is -2.48. The molecule has 2 aromatic rings. The zero-order valence-electron chi connectivity index (χ0n) is 17.0. The molecule has 0 aromatic heterocycles. The molecule has 1 heterocycles. The number of benzene rings is 2. The van der Waals surface area contributed by atoms with E-state index in [9.17, 15) is 4.79 Å². The van der Waals surface area contributed by atoms with Gasteiger partial charge in [-0.2, -0.15) is 0 Å². The van der Waals surface area contributed by atoms with Crippen LogP contribution in [0.4, 0.5) is 0 Å². The maximum Gasteiger partial charge on any atom is 0.244 e. The lowest BCUT2D eigenvalue weighted by Gasteiger charge is -2.31. The van der Waals surface area contributed by atoms with E-state index in [2.05, 4.69) is 29.3 Å². The molecule has 0 bridgehead atoms. The number of hydrogen-bond donors (Lipinski definition) is 2. The van der Waals surface area contributed by atoms with Gasteiger partial charge in [-0.25, -0.2) is 0 Å². The summed E-state index contributed by atoms with van der Waals surface area (Å²) >= 11 is 0. The Bertz CT molecular complexity index is 772. The van der Waals surface area contributed by atoms with Crippen molar-refractivity contribution in [2.75, 3.05) is 19.7 Å². The Morgan fingerprint density at radius 2 is 1.86 bits per heavy atom. The van der Waals surface area contributed by atoms with Gasteiger partial charge in [-0.05, 0) is 30.5 Å². The van der Waals surface area contributed by atoms with E-state index in [4.69, 9.17) is 10.5 Å². The number of hydrogen-bond acceptors (Lipinski definition) is 4. The van der Waals surface area contributed by atoms with E-state index >= 15 is 0 Å². The molecule has 0 aliphatic carbocycles. The van der Waals surface area contributed by atoms with Gasteiger partial charge in [-0.15, -0.1) is 24.8 Å². The maximum atomic E-state index is 12.6. The number of nitrogens with one attached hydrogen (secondary N) is 1. The number of carbonyl (C=O) groups is 1. The Hall–Kier alpha value is -1.63. The molecule has 1 aliphatic heterocycles. The molecule has 1 fully saturated rings. The molecule has 160 valence electrons. The van der Waals surface area contributed by atoms with Crippen LogP contribution in [0.2, 0.25) is 0 Å². The van der Waals surface area contributed by atoms with E-state index in [0.29, 0.717) is 6.54 Å². The first-order valence-electron chi connectivity index (χ1n) is 9.49. The highest BCUT2D eigenvalue weighted by Crippen LogP contribution is 2.18. The standard InChI is InChI=1S/C22H29N3O2.2ClH/c1-17-15-25(11-12-27-17)16-19-8-6-7-18(13-19)14-24-21(26)22(2,23)20-9-4-3-5-10-20;;/h3-10,13,17H,11-12,14-16,23H2,1-2H3,(H,24,26);2*1H. The number of amides is 1. The first-order valence-corrected chi connectivity index (χ1v) is 9.49. The number of ether oxygens (including phenoxy) is 1. The molecule has 1 aliphatic rings. The van der Waals surface area contributed by atoms with E-state index < -0.39 is 5.54 Å². The number of nitrogens with zero attached hydrogens (tertiary/aromatic N) is 1. The summed E-state index contributed by atoms with van der Waals surface area (Å²) < 4.78 is 5.60. The lowest BCUT2D eigenvalue weighted by molar-refractivity contribution is -0.126. The van der Waals surface area contributed by atoms with Gasteiger partial charge in [-0.3, -0.25) is 9.69 Å². The second-order valence-electron chi connectivity index (χ2n) is 7.49. The van der Waals surface area contributed by atoms with Crippen LogP contribution in [0.15, 0.2) is 54.6 Å². The predicted molar refractivity (Wildman–Crippen MR) is 121 cm³/mol. The summed E-state index contributed by atoms with van der Waals surface area (Å²) in [6.45, 7) is 7.89. The van der Waals surface area contributed by atoms with Gasteiger partial charge in [0.05, 0.1) is 12.7 Å². The number of morpholine rings is 1. The first kappa shape index (κ1) is 25.4. The quantitative estimate of drug-likeness (QED) is 0.724. The van der Waals surface area contributed by atoms with Crippen LogP contribution in [-0.4, -0.2) is 36.6 Å². The highest BCUT2D eigenvalue weighted by atomic mass is 35.5. The summed E-state index contributed by atoms with van der Waals surface area (Å²) in [6, 6.07) is 17.8. The SMILES string of the molecule is CC1CN(Cc2cccc(CNC(=O)C(C)(N)c3ccccc3)c2)CCO1.Cl.Cl. The van der Waals surface area contributed by atoms with Gasteiger partial charge in [-0.1, -0.05) is 54.6 Å². The second kappa shape index (κ2) is 11.5. The topological polar surface area (TPSA) is 67.6 Å². The van der Waals surface area contributed by atoms with Gasteiger partial charge in [0.25, 0.3) is 0 Å².